The monoisotopic (exact) mass is 631 g/mol. The van der Waals surface area contributed by atoms with Crippen molar-refractivity contribution >= 4 is 33.1 Å². The zero-order valence-corrected chi connectivity index (χ0v) is 29.8. The highest BCUT2D eigenvalue weighted by molar-refractivity contribution is 6.99. The topological polar surface area (TPSA) is 66.3 Å². The average Bonchev–Trinajstić information content (AvgIpc) is 3.46. The van der Waals surface area contributed by atoms with E-state index in [9.17, 15) is 4.79 Å². The lowest BCUT2D eigenvalue weighted by Crippen LogP contribution is -2.67. The first-order valence-corrected chi connectivity index (χ1v) is 19.8. The summed E-state index contributed by atoms with van der Waals surface area (Å²) in [5, 5.41) is 2.11. The molecule has 44 heavy (non-hydrogen) atoms. The van der Waals surface area contributed by atoms with Crippen molar-refractivity contribution in [2.45, 2.75) is 96.1 Å². The number of hydrogen-bond acceptors (Lipinski definition) is 6. The number of isocyanates is 1. The summed E-state index contributed by atoms with van der Waals surface area (Å²) in [5.41, 5.74) is 1.88. The Hall–Kier alpha value is -3.01. The fourth-order valence-electron chi connectivity index (χ4n) is 7.32. The summed E-state index contributed by atoms with van der Waals surface area (Å²) in [6.07, 6.45) is 1.35. The number of nitrogens with zero attached hydrogens (tertiary/aromatic N) is 1. The molecule has 0 saturated carbocycles. The van der Waals surface area contributed by atoms with Crippen molar-refractivity contribution in [1.29, 1.82) is 0 Å². The molecule has 0 radical (unpaired) electrons. The van der Waals surface area contributed by atoms with E-state index in [1.54, 1.807) is 0 Å². The second-order valence-electron chi connectivity index (χ2n) is 13.7. The molecule has 0 fully saturated rings. The van der Waals surface area contributed by atoms with Crippen LogP contribution in [0.2, 0.25) is 21.7 Å². The van der Waals surface area contributed by atoms with E-state index >= 15 is 0 Å². The Bertz CT molecular complexity index is 1350. The molecule has 0 aliphatic carbocycles. The predicted molar refractivity (Wildman–Crippen MR) is 183 cm³/mol. The number of benzene rings is 3. The number of aliphatic imine (C=N–C) groups is 1. The van der Waals surface area contributed by atoms with Crippen molar-refractivity contribution in [3.8, 4) is 11.5 Å². The number of hydrogen-bond donors (Lipinski definition) is 0. The maximum atomic E-state index is 12.1. The largest absolute Gasteiger partial charge is 0.454 e. The van der Waals surface area contributed by atoms with Crippen LogP contribution in [0.3, 0.4) is 0 Å². The average molecular weight is 632 g/mol. The van der Waals surface area contributed by atoms with Crippen LogP contribution in [-0.4, -0.2) is 42.2 Å². The summed E-state index contributed by atoms with van der Waals surface area (Å²) in [7, 11) is -5.34. The van der Waals surface area contributed by atoms with Crippen LogP contribution < -0.4 is 19.8 Å². The highest BCUT2D eigenvalue weighted by atomic mass is 28.4. The molecule has 0 bridgehead atoms. The number of ether oxygens (including phenoxy) is 2. The van der Waals surface area contributed by atoms with Gasteiger partial charge in [0.05, 0.1) is 12.7 Å². The van der Waals surface area contributed by atoms with E-state index in [2.05, 4.69) is 116 Å². The highest BCUT2D eigenvalue weighted by Gasteiger charge is 2.52. The Morgan fingerprint density at radius 3 is 1.80 bits per heavy atom. The zero-order chi connectivity index (χ0) is 32.1. The van der Waals surface area contributed by atoms with E-state index in [0.717, 1.165) is 5.56 Å². The summed E-state index contributed by atoms with van der Waals surface area (Å²) < 4.78 is 26.2. The van der Waals surface area contributed by atoms with E-state index in [4.69, 9.17) is 18.3 Å². The zero-order valence-electron chi connectivity index (χ0n) is 27.8. The highest BCUT2D eigenvalue weighted by Crippen LogP contribution is 2.47. The predicted octanol–water partition coefficient (Wildman–Crippen LogP) is 7.93. The van der Waals surface area contributed by atoms with Crippen LogP contribution >= 0.6 is 0 Å². The van der Waals surface area contributed by atoms with Gasteiger partial charge in [-0.05, 0) is 49.7 Å². The minimum absolute atomic E-state index is 0.180. The second kappa shape index (κ2) is 14.0. The van der Waals surface area contributed by atoms with Crippen molar-refractivity contribution in [2.75, 3.05) is 13.4 Å². The van der Waals surface area contributed by atoms with Gasteiger partial charge in [0.25, 0.3) is 8.32 Å². The maximum absolute atomic E-state index is 12.1. The fourth-order valence-corrected chi connectivity index (χ4v) is 17.4. The van der Waals surface area contributed by atoms with Gasteiger partial charge < -0.3 is 18.3 Å². The molecule has 0 N–H and O–H groups in total. The molecule has 3 aromatic rings. The van der Waals surface area contributed by atoms with Crippen LogP contribution in [0.15, 0.2) is 83.9 Å². The van der Waals surface area contributed by atoms with Crippen LogP contribution in [-0.2, 0) is 13.6 Å². The Labute approximate surface area is 266 Å². The minimum atomic E-state index is -2.91. The van der Waals surface area contributed by atoms with Crippen LogP contribution in [0.5, 0.6) is 11.5 Å². The molecule has 0 aromatic heterocycles. The van der Waals surface area contributed by atoms with Crippen molar-refractivity contribution in [3.05, 3.63) is 84.4 Å². The molecular formula is C36H49NO5Si2. The third kappa shape index (κ3) is 6.51. The van der Waals surface area contributed by atoms with Gasteiger partial charge in [0, 0.05) is 0 Å². The maximum Gasteiger partial charge on any atom is 0.261 e. The molecule has 2 atom stereocenters. The molecule has 8 heteroatoms. The lowest BCUT2D eigenvalue weighted by molar-refractivity contribution is 0.116. The first-order valence-electron chi connectivity index (χ1n) is 15.8. The van der Waals surface area contributed by atoms with Gasteiger partial charge in [0.1, 0.15) is 6.04 Å². The summed E-state index contributed by atoms with van der Waals surface area (Å²) in [6, 6.07) is 26.3. The molecule has 0 saturated heterocycles. The Morgan fingerprint density at radius 2 is 1.32 bits per heavy atom. The molecule has 1 aliphatic heterocycles. The quantitative estimate of drug-likeness (QED) is 0.109. The Morgan fingerprint density at radius 1 is 0.795 bits per heavy atom. The molecule has 1 heterocycles. The van der Waals surface area contributed by atoms with Crippen LogP contribution in [0.4, 0.5) is 0 Å². The molecule has 3 aromatic carbocycles. The van der Waals surface area contributed by atoms with E-state index in [1.165, 1.54) is 10.4 Å². The summed E-state index contributed by atoms with van der Waals surface area (Å²) >= 11 is 0. The molecule has 1 aliphatic rings. The lowest BCUT2D eigenvalue weighted by Gasteiger charge is -2.47. The van der Waals surface area contributed by atoms with Gasteiger partial charge in [0.15, 0.2) is 11.5 Å². The molecule has 0 amide bonds. The molecular weight excluding hydrogens is 583 g/mol. The first-order chi connectivity index (χ1) is 20.9. The van der Waals surface area contributed by atoms with Gasteiger partial charge in [-0.3, -0.25) is 0 Å². The standard InChI is InChI=1S/C36H49NO5Si2/c1-26(2)43(27(3)4,28(5)6)42-35(29-20-21-33-34(22-29)40-25-39-33)32(37-24-38)23-41-44(36(7,8)9,30-16-12-10-13-17-30)31-18-14-11-15-19-31/h10-22,26-28,32,35H,23,25H2,1-9H3/t32-,35-/m1/s1. The van der Waals surface area contributed by atoms with Crippen LogP contribution in [0.1, 0.15) is 74.0 Å². The molecule has 0 spiro atoms. The van der Waals surface area contributed by atoms with Crippen molar-refractivity contribution in [1.82, 2.24) is 0 Å². The lowest BCUT2D eigenvalue weighted by atomic mass is 10.0. The first kappa shape index (κ1) is 33.9. The van der Waals surface area contributed by atoms with E-state index < -0.39 is 28.8 Å². The van der Waals surface area contributed by atoms with Crippen molar-refractivity contribution < 1.29 is 23.1 Å². The summed E-state index contributed by atoms with van der Waals surface area (Å²) in [6.45, 7) is 20.7. The number of fused-ring (bicyclic) bond motifs is 1. The summed E-state index contributed by atoms with van der Waals surface area (Å²) in [4.78, 5) is 16.6. The Kier molecular flexibility index (Phi) is 10.8. The van der Waals surface area contributed by atoms with Gasteiger partial charge >= 0.3 is 0 Å². The molecule has 4 rings (SSSR count). The minimum Gasteiger partial charge on any atom is -0.454 e. The molecule has 6 nitrogen and oxygen atoms in total. The van der Waals surface area contributed by atoms with E-state index in [-0.39, 0.29) is 18.4 Å². The normalized spacial score (nSPS) is 15.0. The molecule has 0 unspecified atom stereocenters. The van der Waals surface area contributed by atoms with Crippen LogP contribution in [0, 0.1) is 0 Å². The van der Waals surface area contributed by atoms with E-state index in [1.807, 2.05) is 36.4 Å². The molecule has 236 valence electrons. The van der Waals surface area contributed by atoms with Crippen LogP contribution in [0.25, 0.3) is 0 Å². The second-order valence-corrected chi connectivity index (χ2v) is 23.4. The fraction of sp³-hybridized carbons (Fsp3) is 0.472. The van der Waals surface area contributed by atoms with E-state index in [0.29, 0.717) is 28.1 Å². The van der Waals surface area contributed by atoms with Gasteiger partial charge in [-0.15, -0.1) is 0 Å². The SMILES string of the molecule is CC(C)[Si](O[C@H](c1ccc2c(c1)OCO2)[C@@H](CO[Si](c1ccccc1)(c1ccccc1)C(C)(C)C)N=C=O)(C(C)C)C(C)C. The van der Waals surface area contributed by atoms with Gasteiger partial charge in [-0.25, -0.2) is 4.79 Å². The van der Waals surface area contributed by atoms with Gasteiger partial charge in [0.2, 0.25) is 21.2 Å². The van der Waals surface area contributed by atoms with Gasteiger partial charge in [-0.1, -0.05) is 129 Å². The number of carbonyl (C=O) groups excluding carboxylic acids is 1. The number of rotatable bonds is 13. The smallest absolute Gasteiger partial charge is 0.261 e. The Balaban J connectivity index is 1.87. The summed E-state index contributed by atoms with van der Waals surface area (Å²) in [5.74, 6) is 1.37. The third-order valence-electron chi connectivity index (χ3n) is 9.22. The third-order valence-corrected chi connectivity index (χ3v) is 20.3. The van der Waals surface area contributed by atoms with Gasteiger partial charge in [-0.2, -0.15) is 4.99 Å². The van der Waals surface area contributed by atoms with Crippen molar-refractivity contribution in [3.63, 3.8) is 0 Å². The van der Waals surface area contributed by atoms with Crippen molar-refractivity contribution in [2.24, 2.45) is 4.99 Å².